The number of ether oxygens (including phenoxy) is 2. The SMILES string of the molecule is COc1ccc(CC(=O)NCCNC(=O)c2cccc(C)c2)cc1OC. The molecule has 0 atom stereocenters. The van der Waals surface area contributed by atoms with E-state index in [-0.39, 0.29) is 18.2 Å². The van der Waals surface area contributed by atoms with E-state index in [1.54, 1.807) is 32.4 Å². The molecule has 0 fully saturated rings. The van der Waals surface area contributed by atoms with Gasteiger partial charge in [-0.2, -0.15) is 0 Å². The topological polar surface area (TPSA) is 76.7 Å². The molecular weight excluding hydrogens is 332 g/mol. The third kappa shape index (κ3) is 5.51. The first-order valence-corrected chi connectivity index (χ1v) is 8.36. The lowest BCUT2D eigenvalue weighted by Crippen LogP contribution is -2.35. The third-order valence-corrected chi connectivity index (χ3v) is 3.83. The second-order valence-electron chi connectivity index (χ2n) is 5.84. The highest BCUT2D eigenvalue weighted by Gasteiger charge is 2.09. The third-order valence-electron chi connectivity index (χ3n) is 3.83. The van der Waals surface area contributed by atoms with Crippen LogP contribution in [0.5, 0.6) is 11.5 Å². The van der Waals surface area contributed by atoms with Gasteiger partial charge in [-0.05, 0) is 36.8 Å². The van der Waals surface area contributed by atoms with E-state index in [0.717, 1.165) is 11.1 Å². The summed E-state index contributed by atoms with van der Waals surface area (Å²) in [7, 11) is 3.12. The molecule has 0 aromatic heterocycles. The van der Waals surface area contributed by atoms with Gasteiger partial charge < -0.3 is 20.1 Å². The Morgan fingerprint density at radius 1 is 0.923 bits per heavy atom. The van der Waals surface area contributed by atoms with Gasteiger partial charge in [0.05, 0.1) is 20.6 Å². The van der Waals surface area contributed by atoms with E-state index in [1.165, 1.54) is 0 Å². The predicted molar refractivity (Wildman–Crippen MR) is 99.8 cm³/mol. The predicted octanol–water partition coefficient (Wildman–Crippen LogP) is 2.10. The van der Waals surface area contributed by atoms with Crippen LogP contribution in [-0.2, 0) is 11.2 Å². The maximum absolute atomic E-state index is 12.0. The Hall–Kier alpha value is -3.02. The summed E-state index contributed by atoms with van der Waals surface area (Å²) in [5.74, 6) is 0.934. The number of carbonyl (C=O) groups excluding carboxylic acids is 2. The minimum absolute atomic E-state index is 0.123. The fourth-order valence-electron chi connectivity index (χ4n) is 2.50. The highest BCUT2D eigenvalue weighted by Crippen LogP contribution is 2.27. The van der Waals surface area contributed by atoms with E-state index in [4.69, 9.17) is 9.47 Å². The summed E-state index contributed by atoms with van der Waals surface area (Å²) >= 11 is 0. The van der Waals surface area contributed by atoms with E-state index in [2.05, 4.69) is 10.6 Å². The Morgan fingerprint density at radius 2 is 1.65 bits per heavy atom. The number of hydrogen-bond acceptors (Lipinski definition) is 4. The van der Waals surface area contributed by atoms with E-state index in [1.807, 2.05) is 31.2 Å². The van der Waals surface area contributed by atoms with Gasteiger partial charge in [-0.25, -0.2) is 0 Å². The largest absolute Gasteiger partial charge is 0.493 e. The van der Waals surface area contributed by atoms with Crippen LogP contribution in [-0.4, -0.2) is 39.1 Å². The molecule has 0 aliphatic rings. The maximum atomic E-state index is 12.0. The second-order valence-corrected chi connectivity index (χ2v) is 5.84. The van der Waals surface area contributed by atoms with Crippen molar-refractivity contribution in [1.29, 1.82) is 0 Å². The van der Waals surface area contributed by atoms with Crippen molar-refractivity contribution >= 4 is 11.8 Å². The first-order chi connectivity index (χ1) is 12.5. The Labute approximate surface area is 153 Å². The number of rotatable bonds is 8. The van der Waals surface area contributed by atoms with Crippen molar-refractivity contribution in [2.24, 2.45) is 0 Å². The molecular formula is C20H24N2O4. The molecule has 0 aliphatic carbocycles. The zero-order valence-electron chi connectivity index (χ0n) is 15.3. The van der Waals surface area contributed by atoms with Gasteiger partial charge >= 0.3 is 0 Å². The number of methoxy groups -OCH3 is 2. The number of aryl methyl sites for hydroxylation is 1. The van der Waals surface area contributed by atoms with Crippen molar-refractivity contribution in [2.45, 2.75) is 13.3 Å². The molecule has 0 spiro atoms. The van der Waals surface area contributed by atoms with Crippen LogP contribution in [0.25, 0.3) is 0 Å². The second kappa shape index (κ2) is 9.46. The van der Waals surface area contributed by atoms with Gasteiger partial charge in [-0.3, -0.25) is 9.59 Å². The van der Waals surface area contributed by atoms with Gasteiger partial charge in [0.15, 0.2) is 11.5 Å². The molecule has 0 aliphatic heterocycles. The summed E-state index contributed by atoms with van der Waals surface area (Å²) in [5.41, 5.74) is 2.46. The lowest BCUT2D eigenvalue weighted by atomic mass is 10.1. The van der Waals surface area contributed by atoms with Crippen molar-refractivity contribution in [3.05, 3.63) is 59.2 Å². The van der Waals surface area contributed by atoms with E-state index >= 15 is 0 Å². The van der Waals surface area contributed by atoms with Crippen LogP contribution in [0.3, 0.4) is 0 Å². The number of amides is 2. The van der Waals surface area contributed by atoms with Crippen LogP contribution in [0, 0.1) is 6.92 Å². The van der Waals surface area contributed by atoms with Gasteiger partial charge in [0.1, 0.15) is 0 Å². The van der Waals surface area contributed by atoms with Crippen molar-refractivity contribution in [3.8, 4) is 11.5 Å². The molecule has 6 heteroatoms. The number of carbonyl (C=O) groups is 2. The standard InChI is InChI=1S/C20H24N2O4/c1-14-5-4-6-16(11-14)20(24)22-10-9-21-19(23)13-15-7-8-17(25-2)18(12-15)26-3/h4-8,11-12H,9-10,13H2,1-3H3,(H,21,23)(H,22,24). The zero-order chi connectivity index (χ0) is 18.9. The van der Waals surface area contributed by atoms with Crippen molar-refractivity contribution in [3.63, 3.8) is 0 Å². The molecule has 0 heterocycles. The van der Waals surface area contributed by atoms with Crippen molar-refractivity contribution in [2.75, 3.05) is 27.3 Å². The van der Waals surface area contributed by atoms with Crippen LogP contribution in [0.15, 0.2) is 42.5 Å². The van der Waals surface area contributed by atoms with Crippen LogP contribution < -0.4 is 20.1 Å². The molecule has 2 amide bonds. The van der Waals surface area contributed by atoms with E-state index < -0.39 is 0 Å². The quantitative estimate of drug-likeness (QED) is 0.710. The minimum Gasteiger partial charge on any atom is -0.493 e. The molecule has 2 aromatic rings. The first kappa shape index (κ1) is 19.3. The normalized spacial score (nSPS) is 10.1. The maximum Gasteiger partial charge on any atom is 0.251 e. The Balaban J connectivity index is 1.76. The van der Waals surface area contributed by atoms with Gasteiger partial charge in [0, 0.05) is 18.7 Å². The number of hydrogen-bond donors (Lipinski definition) is 2. The fraction of sp³-hybridized carbons (Fsp3) is 0.300. The van der Waals surface area contributed by atoms with Gasteiger partial charge in [0.2, 0.25) is 5.91 Å². The van der Waals surface area contributed by atoms with Gasteiger partial charge in [-0.1, -0.05) is 23.8 Å². The first-order valence-electron chi connectivity index (χ1n) is 8.36. The van der Waals surface area contributed by atoms with Crippen molar-refractivity contribution in [1.82, 2.24) is 10.6 Å². The number of benzene rings is 2. The highest BCUT2D eigenvalue weighted by molar-refractivity contribution is 5.94. The number of nitrogens with one attached hydrogen (secondary N) is 2. The summed E-state index contributed by atoms with van der Waals surface area (Å²) in [6.45, 7) is 2.67. The lowest BCUT2D eigenvalue weighted by molar-refractivity contribution is -0.120. The highest BCUT2D eigenvalue weighted by atomic mass is 16.5. The molecule has 0 radical (unpaired) electrons. The van der Waals surface area contributed by atoms with Crippen LogP contribution in [0.4, 0.5) is 0 Å². The average molecular weight is 356 g/mol. The van der Waals surface area contributed by atoms with Crippen LogP contribution in [0.2, 0.25) is 0 Å². The molecule has 0 unspecified atom stereocenters. The van der Waals surface area contributed by atoms with Crippen LogP contribution >= 0.6 is 0 Å². The molecule has 26 heavy (non-hydrogen) atoms. The molecule has 2 aromatic carbocycles. The van der Waals surface area contributed by atoms with E-state index in [0.29, 0.717) is 30.2 Å². The molecule has 2 N–H and O–H groups in total. The molecule has 0 saturated carbocycles. The molecule has 0 bridgehead atoms. The van der Waals surface area contributed by atoms with Crippen molar-refractivity contribution < 1.29 is 19.1 Å². The smallest absolute Gasteiger partial charge is 0.251 e. The Kier molecular flexibility index (Phi) is 7.02. The zero-order valence-corrected chi connectivity index (χ0v) is 15.3. The Morgan fingerprint density at radius 3 is 2.35 bits per heavy atom. The monoisotopic (exact) mass is 356 g/mol. The van der Waals surface area contributed by atoms with E-state index in [9.17, 15) is 9.59 Å². The molecule has 6 nitrogen and oxygen atoms in total. The summed E-state index contributed by atoms with van der Waals surface area (Å²) < 4.78 is 10.4. The molecule has 0 saturated heterocycles. The van der Waals surface area contributed by atoms with Crippen LogP contribution in [0.1, 0.15) is 21.5 Å². The lowest BCUT2D eigenvalue weighted by Gasteiger charge is -2.10. The summed E-state index contributed by atoms with van der Waals surface area (Å²) in [6.07, 6.45) is 0.228. The summed E-state index contributed by atoms with van der Waals surface area (Å²) in [5, 5.41) is 5.58. The summed E-state index contributed by atoms with van der Waals surface area (Å²) in [4.78, 5) is 24.0. The van der Waals surface area contributed by atoms with Gasteiger partial charge in [-0.15, -0.1) is 0 Å². The minimum atomic E-state index is -0.150. The fourth-order valence-corrected chi connectivity index (χ4v) is 2.50. The molecule has 2 rings (SSSR count). The summed E-state index contributed by atoms with van der Waals surface area (Å²) in [6, 6.07) is 12.7. The average Bonchev–Trinajstić information content (AvgIpc) is 2.64. The van der Waals surface area contributed by atoms with Gasteiger partial charge in [0.25, 0.3) is 5.91 Å². The molecule has 138 valence electrons. The Bertz CT molecular complexity index is 774.